The third kappa shape index (κ3) is 5.42. The zero-order chi connectivity index (χ0) is 29.3. The predicted octanol–water partition coefficient (Wildman–Crippen LogP) is 3.77. The molecule has 11 nitrogen and oxygen atoms in total. The number of phenolic OH excluding ortho intramolecular Hbond substituents is 1. The third-order valence-corrected chi connectivity index (χ3v) is 6.85. The van der Waals surface area contributed by atoms with Crippen molar-refractivity contribution < 1.29 is 32.9 Å². The second-order valence-corrected chi connectivity index (χ2v) is 9.53. The Bertz CT molecular complexity index is 1550. The SMILES string of the molecule is COC(=O)C1CCCN1c1c(F)c(Oc2cccc(C3=NCCN3C)c2)nc(Oc2cc(C(=N)N)ccc2O)c1F. The number of benzene rings is 2. The molecule has 0 bridgehead atoms. The fraction of sp³-hybridized carbons (Fsp3) is 0.286. The highest BCUT2D eigenvalue weighted by Gasteiger charge is 2.38. The van der Waals surface area contributed by atoms with Crippen LogP contribution in [0.25, 0.3) is 0 Å². The number of nitrogens with two attached hydrogens (primary N) is 1. The second-order valence-electron chi connectivity index (χ2n) is 9.53. The molecule has 1 unspecified atom stereocenters. The van der Waals surface area contributed by atoms with E-state index in [0.717, 1.165) is 17.9 Å². The normalized spacial score (nSPS) is 16.5. The fourth-order valence-electron chi connectivity index (χ4n) is 4.81. The maximum atomic E-state index is 16.0. The van der Waals surface area contributed by atoms with E-state index in [-0.39, 0.29) is 29.4 Å². The molecule has 1 saturated heterocycles. The van der Waals surface area contributed by atoms with Crippen LogP contribution in [0, 0.1) is 17.0 Å². The smallest absolute Gasteiger partial charge is 0.328 e. The van der Waals surface area contributed by atoms with Gasteiger partial charge in [-0.15, -0.1) is 0 Å². The molecule has 214 valence electrons. The first-order chi connectivity index (χ1) is 19.7. The molecule has 0 spiro atoms. The number of nitrogens with one attached hydrogen (secondary N) is 1. The van der Waals surface area contributed by atoms with Crippen LogP contribution in [-0.2, 0) is 9.53 Å². The molecule has 5 rings (SSSR count). The molecule has 41 heavy (non-hydrogen) atoms. The largest absolute Gasteiger partial charge is 0.504 e. The number of hydrogen-bond acceptors (Lipinski definition) is 10. The van der Waals surface area contributed by atoms with E-state index in [2.05, 4.69) is 9.98 Å². The summed E-state index contributed by atoms with van der Waals surface area (Å²) in [4.78, 5) is 24.1. The number of halogens is 2. The van der Waals surface area contributed by atoms with Gasteiger partial charge in [0.15, 0.2) is 11.5 Å². The van der Waals surface area contributed by atoms with E-state index in [0.29, 0.717) is 19.4 Å². The van der Waals surface area contributed by atoms with Crippen molar-refractivity contribution in [3.8, 4) is 29.0 Å². The van der Waals surface area contributed by atoms with Gasteiger partial charge in [-0.2, -0.15) is 13.8 Å². The van der Waals surface area contributed by atoms with Crippen molar-refractivity contribution in [2.45, 2.75) is 18.9 Å². The molecule has 3 aromatic rings. The number of pyridine rings is 1. The molecular weight excluding hydrogens is 538 g/mol. The van der Waals surface area contributed by atoms with Gasteiger partial charge >= 0.3 is 5.97 Å². The number of nitrogen functional groups attached to an aromatic ring is 1. The monoisotopic (exact) mass is 566 g/mol. The summed E-state index contributed by atoms with van der Waals surface area (Å²) >= 11 is 0. The Balaban J connectivity index is 1.60. The molecular formula is C28H28F2N6O5. The van der Waals surface area contributed by atoms with E-state index in [1.54, 1.807) is 18.2 Å². The molecule has 2 aliphatic rings. The molecule has 1 aromatic heterocycles. The van der Waals surface area contributed by atoms with Crippen LogP contribution in [-0.4, -0.2) is 72.5 Å². The summed E-state index contributed by atoms with van der Waals surface area (Å²) < 4.78 is 48.3. The molecule has 1 atom stereocenters. The average Bonchev–Trinajstić information content (AvgIpc) is 3.61. The summed E-state index contributed by atoms with van der Waals surface area (Å²) in [7, 11) is 3.10. The number of hydrogen-bond donors (Lipinski definition) is 3. The van der Waals surface area contributed by atoms with Crippen LogP contribution in [0.2, 0.25) is 0 Å². The number of carbonyl (C=O) groups excluding carboxylic acids is 1. The Hall–Kier alpha value is -4.94. The molecule has 3 heterocycles. The molecule has 0 radical (unpaired) electrons. The summed E-state index contributed by atoms with van der Waals surface area (Å²) in [5.74, 6) is -4.39. The van der Waals surface area contributed by atoms with Gasteiger partial charge in [-0.3, -0.25) is 10.4 Å². The number of nitrogens with zero attached hydrogens (tertiary/aromatic N) is 4. The lowest BCUT2D eigenvalue weighted by molar-refractivity contribution is -0.141. The topological polar surface area (TPSA) is 147 Å². The van der Waals surface area contributed by atoms with Crippen molar-refractivity contribution in [2.24, 2.45) is 10.7 Å². The Morgan fingerprint density at radius 1 is 1.12 bits per heavy atom. The first kappa shape index (κ1) is 27.6. The van der Waals surface area contributed by atoms with Gasteiger partial charge in [-0.05, 0) is 43.2 Å². The van der Waals surface area contributed by atoms with E-state index in [1.807, 2.05) is 18.0 Å². The second kappa shape index (κ2) is 11.3. The van der Waals surface area contributed by atoms with Gasteiger partial charge in [0.1, 0.15) is 29.1 Å². The number of esters is 1. The highest BCUT2D eigenvalue weighted by atomic mass is 19.1. The first-order valence-electron chi connectivity index (χ1n) is 12.8. The van der Waals surface area contributed by atoms with Crippen LogP contribution in [0.5, 0.6) is 29.0 Å². The number of aromatic nitrogens is 1. The Morgan fingerprint density at radius 3 is 2.56 bits per heavy atom. The fourth-order valence-corrected chi connectivity index (χ4v) is 4.81. The molecule has 13 heteroatoms. The highest BCUT2D eigenvalue weighted by Crippen LogP contribution is 2.42. The van der Waals surface area contributed by atoms with Crippen LogP contribution < -0.4 is 20.1 Å². The zero-order valence-corrected chi connectivity index (χ0v) is 22.4. The van der Waals surface area contributed by atoms with Crippen molar-refractivity contribution in [3.63, 3.8) is 0 Å². The van der Waals surface area contributed by atoms with E-state index in [4.69, 9.17) is 25.4 Å². The summed E-state index contributed by atoms with van der Waals surface area (Å²) in [6.45, 7) is 1.56. The Kier molecular flexibility index (Phi) is 7.60. The van der Waals surface area contributed by atoms with Crippen LogP contribution in [0.1, 0.15) is 24.0 Å². The summed E-state index contributed by atoms with van der Waals surface area (Å²) in [5, 5.41) is 18.0. The lowest BCUT2D eigenvalue weighted by atomic mass is 10.2. The highest BCUT2D eigenvalue weighted by molar-refractivity contribution is 6.00. The van der Waals surface area contributed by atoms with Gasteiger partial charge in [0.25, 0.3) is 11.8 Å². The maximum Gasteiger partial charge on any atom is 0.328 e. The molecule has 1 fully saturated rings. The number of anilines is 1. The van der Waals surface area contributed by atoms with Gasteiger partial charge < -0.3 is 34.9 Å². The number of aromatic hydroxyl groups is 1. The minimum absolute atomic E-state index is 0.156. The molecule has 2 aromatic carbocycles. The van der Waals surface area contributed by atoms with E-state index >= 15 is 8.78 Å². The quantitative estimate of drug-likeness (QED) is 0.211. The number of rotatable bonds is 8. The molecule has 0 amide bonds. The minimum Gasteiger partial charge on any atom is -0.504 e. The van der Waals surface area contributed by atoms with Crippen molar-refractivity contribution in [2.75, 3.05) is 38.7 Å². The van der Waals surface area contributed by atoms with Crippen molar-refractivity contribution in [1.29, 1.82) is 5.41 Å². The number of amidine groups is 2. The zero-order valence-electron chi connectivity index (χ0n) is 22.4. The van der Waals surface area contributed by atoms with Crippen molar-refractivity contribution in [1.82, 2.24) is 9.88 Å². The van der Waals surface area contributed by atoms with Crippen LogP contribution in [0.15, 0.2) is 47.5 Å². The first-order valence-corrected chi connectivity index (χ1v) is 12.8. The van der Waals surface area contributed by atoms with Crippen LogP contribution in [0.4, 0.5) is 14.5 Å². The summed E-state index contributed by atoms with van der Waals surface area (Å²) in [5.41, 5.74) is 5.88. The molecule has 0 aliphatic carbocycles. The lowest BCUT2D eigenvalue weighted by Gasteiger charge is -2.26. The number of ether oxygens (including phenoxy) is 3. The van der Waals surface area contributed by atoms with Gasteiger partial charge in [0.05, 0.1) is 13.7 Å². The van der Waals surface area contributed by atoms with Crippen LogP contribution in [0.3, 0.4) is 0 Å². The molecule has 2 aliphatic heterocycles. The van der Waals surface area contributed by atoms with Gasteiger partial charge in [-0.25, -0.2) is 4.79 Å². The number of likely N-dealkylation sites (N-methyl/N-ethyl adjacent to an activating group) is 1. The Labute approximate surface area is 234 Å². The third-order valence-electron chi connectivity index (χ3n) is 6.85. The maximum absolute atomic E-state index is 16.0. The number of aliphatic imine (C=N–C) groups is 1. The molecule has 0 saturated carbocycles. The van der Waals surface area contributed by atoms with Gasteiger partial charge in [0, 0.05) is 31.3 Å². The van der Waals surface area contributed by atoms with E-state index < -0.39 is 46.8 Å². The van der Waals surface area contributed by atoms with Gasteiger partial charge in [-0.1, -0.05) is 12.1 Å². The number of phenols is 1. The summed E-state index contributed by atoms with van der Waals surface area (Å²) in [6, 6.07) is 9.64. The summed E-state index contributed by atoms with van der Waals surface area (Å²) in [6.07, 6.45) is 0.797. The molecule has 4 N–H and O–H groups in total. The number of carbonyl (C=O) groups is 1. The predicted molar refractivity (Wildman–Crippen MR) is 146 cm³/mol. The number of methoxy groups -OCH3 is 1. The van der Waals surface area contributed by atoms with Crippen molar-refractivity contribution in [3.05, 3.63) is 65.2 Å². The van der Waals surface area contributed by atoms with Crippen molar-refractivity contribution >= 4 is 23.3 Å². The van der Waals surface area contributed by atoms with Crippen LogP contribution >= 0.6 is 0 Å². The average molecular weight is 567 g/mol. The van der Waals surface area contributed by atoms with Gasteiger partial charge in [0.2, 0.25) is 11.6 Å². The van der Waals surface area contributed by atoms with E-state index in [1.165, 1.54) is 30.2 Å². The van der Waals surface area contributed by atoms with E-state index in [9.17, 15) is 9.90 Å². The lowest BCUT2D eigenvalue weighted by Crippen LogP contribution is -2.38. The minimum atomic E-state index is -1.21. The standard InChI is InChI=1S/C28H28F2N6O5/c1-35-12-10-33-25(35)16-5-3-6-17(13-16)40-26-21(29)23(36-11-4-7-18(36)28(38)39-2)22(30)27(34-26)41-20-14-15(24(31)32)8-9-19(20)37/h3,5-6,8-9,13-14,18,37H,4,7,10-12H2,1-2H3,(H3,31,32). The Morgan fingerprint density at radius 2 is 1.88 bits per heavy atom.